The van der Waals surface area contributed by atoms with Gasteiger partial charge in [0.1, 0.15) is 11.5 Å². The van der Waals surface area contributed by atoms with Gasteiger partial charge in [0.15, 0.2) is 6.10 Å². The summed E-state index contributed by atoms with van der Waals surface area (Å²) < 4.78 is 15.2. The van der Waals surface area contributed by atoms with Crippen molar-refractivity contribution in [2.45, 2.75) is 6.10 Å². The summed E-state index contributed by atoms with van der Waals surface area (Å²) in [6.45, 7) is 0. The Morgan fingerprint density at radius 2 is 1.94 bits per heavy atom. The van der Waals surface area contributed by atoms with Crippen LogP contribution in [0.3, 0.4) is 0 Å². The maximum atomic E-state index is 11.3. The lowest BCUT2D eigenvalue weighted by atomic mass is 10.1. The predicted molar refractivity (Wildman–Crippen MR) is 64.2 cm³/mol. The van der Waals surface area contributed by atoms with Crippen molar-refractivity contribution in [1.29, 1.82) is 0 Å². The van der Waals surface area contributed by atoms with Crippen LogP contribution in [0.15, 0.2) is 16.6 Å². The Balaban J connectivity index is 3.28. The molecule has 1 aromatic rings. The molecule has 0 bridgehead atoms. The fourth-order valence-electron chi connectivity index (χ4n) is 1.36. The molecule has 0 saturated heterocycles. The van der Waals surface area contributed by atoms with Gasteiger partial charge in [-0.2, -0.15) is 0 Å². The Kier molecular flexibility index (Phi) is 4.77. The average Bonchev–Trinajstić information content (AvgIpc) is 2.35. The Labute approximate surface area is 107 Å². The van der Waals surface area contributed by atoms with E-state index in [2.05, 4.69) is 20.7 Å². The van der Waals surface area contributed by atoms with E-state index in [0.717, 1.165) is 0 Å². The van der Waals surface area contributed by atoms with Gasteiger partial charge in [-0.15, -0.1) is 0 Å². The number of carbonyl (C=O) groups excluding carboxylic acids is 1. The lowest BCUT2D eigenvalue weighted by Crippen LogP contribution is -2.14. The van der Waals surface area contributed by atoms with E-state index in [1.165, 1.54) is 27.4 Å². The summed E-state index contributed by atoms with van der Waals surface area (Å²) in [4.78, 5) is 11.3. The van der Waals surface area contributed by atoms with Gasteiger partial charge >= 0.3 is 5.97 Å². The lowest BCUT2D eigenvalue weighted by molar-refractivity contribution is -0.150. The van der Waals surface area contributed by atoms with E-state index < -0.39 is 12.1 Å². The van der Waals surface area contributed by atoms with E-state index in [4.69, 9.17) is 9.47 Å². The van der Waals surface area contributed by atoms with E-state index in [9.17, 15) is 9.90 Å². The minimum atomic E-state index is -1.42. The summed E-state index contributed by atoms with van der Waals surface area (Å²) in [5.74, 6) is 0.0998. The SMILES string of the molecule is COC(=O)C(O)c1cc(OC)cc(Br)c1OC. The van der Waals surface area contributed by atoms with Gasteiger partial charge in [-0.3, -0.25) is 0 Å². The number of halogens is 1. The average molecular weight is 305 g/mol. The van der Waals surface area contributed by atoms with E-state index in [0.29, 0.717) is 16.0 Å². The van der Waals surface area contributed by atoms with Crippen LogP contribution >= 0.6 is 15.9 Å². The first-order valence-electron chi connectivity index (χ1n) is 4.72. The predicted octanol–water partition coefficient (Wildman–Crippen LogP) is 1.67. The van der Waals surface area contributed by atoms with Crippen LogP contribution in [0.2, 0.25) is 0 Å². The first kappa shape index (κ1) is 13.8. The van der Waals surface area contributed by atoms with E-state index in [1.807, 2.05) is 0 Å². The van der Waals surface area contributed by atoms with Crippen molar-refractivity contribution in [3.05, 3.63) is 22.2 Å². The second-order valence-corrected chi connectivity index (χ2v) is 4.01. The minimum Gasteiger partial charge on any atom is -0.497 e. The first-order valence-corrected chi connectivity index (χ1v) is 5.51. The molecule has 0 spiro atoms. The molecule has 0 radical (unpaired) electrons. The van der Waals surface area contributed by atoms with Crippen molar-refractivity contribution >= 4 is 21.9 Å². The summed E-state index contributed by atoms with van der Waals surface area (Å²) in [5, 5.41) is 9.81. The number of methoxy groups -OCH3 is 3. The fraction of sp³-hybridized carbons (Fsp3) is 0.364. The quantitative estimate of drug-likeness (QED) is 0.857. The fourth-order valence-corrected chi connectivity index (χ4v) is 1.98. The highest BCUT2D eigenvalue weighted by atomic mass is 79.9. The van der Waals surface area contributed by atoms with Crippen LogP contribution in [-0.4, -0.2) is 32.4 Å². The summed E-state index contributed by atoms with van der Waals surface area (Å²) in [7, 11) is 4.13. The van der Waals surface area contributed by atoms with Crippen molar-refractivity contribution in [3.8, 4) is 11.5 Å². The number of esters is 1. The monoisotopic (exact) mass is 304 g/mol. The van der Waals surface area contributed by atoms with Crippen molar-refractivity contribution in [2.75, 3.05) is 21.3 Å². The molecule has 5 nitrogen and oxygen atoms in total. The van der Waals surface area contributed by atoms with Crippen LogP contribution in [0.4, 0.5) is 0 Å². The van der Waals surface area contributed by atoms with Gasteiger partial charge in [-0.25, -0.2) is 4.79 Å². The van der Waals surface area contributed by atoms with Crippen molar-refractivity contribution in [1.82, 2.24) is 0 Å². The lowest BCUT2D eigenvalue weighted by Gasteiger charge is -2.15. The molecule has 0 saturated carbocycles. The molecule has 1 unspecified atom stereocenters. The smallest absolute Gasteiger partial charge is 0.339 e. The standard InChI is InChI=1S/C11H13BrO5/c1-15-6-4-7(9(13)11(14)17-3)10(16-2)8(12)5-6/h4-5,9,13H,1-3H3. The van der Waals surface area contributed by atoms with E-state index >= 15 is 0 Å². The molecule has 0 heterocycles. The number of benzene rings is 1. The van der Waals surface area contributed by atoms with Gasteiger partial charge in [-0.05, 0) is 28.1 Å². The van der Waals surface area contributed by atoms with Crippen LogP contribution in [0.5, 0.6) is 11.5 Å². The molecule has 0 aliphatic rings. The number of aliphatic hydroxyl groups excluding tert-OH is 1. The minimum absolute atomic E-state index is 0.283. The van der Waals surface area contributed by atoms with Crippen molar-refractivity contribution in [3.63, 3.8) is 0 Å². The van der Waals surface area contributed by atoms with Crippen LogP contribution in [0.25, 0.3) is 0 Å². The highest BCUT2D eigenvalue weighted by Gasteiger charge is 2.24. The van der Waals surface area contributed by atoms with Crippen LogP contribution in [0.1, 0.15) is 11.7 Å². The van der Waals surface area contributed by atoms with Gasteiger partial charge < -0.3 is 19.3 Å². The van der Waals surface area contributed by atoms with Crippen molar-refractivity contribution < 1.29 is 24.1 Å². The van der Waals surface area contributed by atoms with Gasteiger partial charge in [0.25, 0.3) is 0 Å². The number of aliphatic hydroxyl groups is 1. The zero-order valence-electron chi connectivity index (χ0n) is 9.69. The first-order chi connectivity index (χ1) is 8.04. The highest BCUT2D eigenvalue weighted by Crippen LogP contribution is 2.37. The molecule has 1 rings (SSSR count). The normalized spacial score (nSPS) is 11.8. The number of hydrogen-bond acceptors (Lipinski definition) is 5. The third-order valence-electron chi connectivity index (χ3n) is 2.20. The maximum Gasteiger partial charge on any atom is 0.339 e. The molecule has 0 fully saturated rings. The number of hydrogen-bond donors (Lipinski definition) is 1. The van der Waals surface area contributed by atoms with Crippen LogP contribution < -0.4 is 9.47 Å². The number of rotatable bonds is 4. The highest BCUT2D eigenvalue weighted by molar-refractivity contribution is 9.10. The second kappa shape index (κ2) is 5.88. The largest absolute Gasteiger partial charge is 0.497 e. The molecule has 0 aliphatic heterocycles. The van der Waals surface area contributed by atoms with E-state index in [-0.39, 0.29) is 5.56 Å². The van der Waals surface area contributed by atoms with Crippen molar-refractivity contribution in [2.24, 2.45) is 0 Å². The molecule has 17 heavy (non-hydrogen) atoms. The third kappa shape index (κ3) is 2.89. The molecule has 6 heteroatoms. The summed E-state index contributed by atoms with van der Waals surface area (Å²) in [5.41, 5.74) is 0.283. The molecule has 0 aromatic heterocycles. The number of carbonyl (C=O) groups is 1. The molecular weight excluding hydrogens is 292 g/mol. The Morgan fingerprint density at radius 1 is 1.29 bits per heavy atom. The van der Waals surface area contributed by atoms with Gasteiger partial charge in [0.2, 0.25) is 0 Å². The molecule has 0 aliphatic carbocycles. The molecular formula is C11H13BrO5. The topological polar surface area (TPSA) is 65.0 Å². The maximum absolute atomic E-state index is 11.3. The van der Waals surface area contributed by atoms with Gasteiger partial charge in [0.05, 0.1) is 25.8 Å². The summed E-state index contributed by atoms with van der Waals surface area (Å²) >= 11 is 3.27. The zero-order chi connectivity index (χ0) is 13.0. The third-order valence-corrected chi connectivity index (χ3v) is 2.79. The molecule has 0 amide bonds. The molecule has 94 valence electrons. The Hall–Kier alpha value is -1.27. The second-order valence-electron chi connectivity index (χ2n) is 3.16. The van der Waals surface area contributed by atoms with Gasteiger partial charge in [0, 0.05) is 5.56 Å². The zero-order valence-corrected chi connectivity index (χ0v) is 11.3. The summed E-state index contributed by atoms with van der Waals surface area (Å²) in [6, 6.07) is 3.19. The van der Waals surface area contributed by atoms with Crippen LogP contribution in [0, 0.1) is 0 Å². The molecule has 1 aromatic carbocycles. The Bertz CT molecular complexity index is 419. The van der Waals surface area contributed by atoms with Gasteiger partial charge in [-0.1, -0.05) is 0 Å². The molecule has 1 N–H and O–H groups in total. The Morgan fingerprint density at radius 3 is 2.41 bits per heavy atom. The van der Waals surface area contributed by atoms with E-state index in [1.54, 1.807) is 6.07 Å². The molecule has 1 atom stereocenters. The van der Waals surface area contributed by atoms with Crippen LogP contribution in [-0.2, 0) is 9.53 Å². The number of ether oxygens (including phenoxy) is 3. The summed E-state index contributed by atoms with van der Waals surface area (Å²) in [6.07, 6.45) is -1.42.